The van der Waals surface area contributed by atoms with Gasteiger partial charge >= 0.3 is 12.4 Å². The molecule has 0 atom stereocenters. The maximum absolute atomic E-state index is 12.7. The second-order valence-electron chi connectivity index (χ2n) is 3.62. The fourth-order valence-corrected chi connectivity index (χ4v) is 1.74. The number of hydrogen-bond donors (Lipinski definition) is 0. The SMILES string of the molecule is CCc1ccc(C(F)(F)F)c(C(F)(F)F)c1C. The molecule has 0 aromatic heterocycles. The fourth-order valence-electron chi connectivity index (χ4n) is 1.74. The first kappa shape index (κ1) is 13.9. The lowest BCUT2D eigenvalue weighted by atomic mass is 9.95. The summed E-state index contributed by atoms with van der Waals surface area (Å²) in [5, 5.41) is 0. The van der Waals surface area contributed by atoms with Crippen LogP contribution in [0.1, 0.15) is 29.2 Å². The molecule has 0 fully saturated rings. The molecule has 1 aromatic rings. The molecular weight excluding hydrogens is 246 g/mol. The number of halogens is 6. The van der Waals surface area contributed by atoms with Crippen LogP contribution in [0.25, 0.3) is 0 Å². The van der Waals surface area contributed by atoms with Gasteiger partial charge < -0.3 is 0 Å². The van der Waals surface area contributed by atoms with Crippen molar-refractivity contribution >= 4 is 0 Å². The van der Waals surface area contributed by atoms with Gasteiger partial charge in [0.25, 0.3) is 0 Å². The summed E-state index contributed by atoms with van der Waals surface area (Å²) in [5.74, 6) is 0. The first-order chi connectivity index (χ1) is 7.59. The van der Waals surface area contributed by atoms with Crippen LogP contribution in [0.4, 0.5) is 26.3 Å². The third-order valence-corrected chi connectivity index (χ3v) is 2.55. The largest absolute Gasteiger partial charge is 0.417 e. The molecule has 0 aliphatic rings. The van der Waals surface area contributed by atoms with E-state index in [1.54, 1.807) is 6.92 Å². The van der Waals surface area contributed by atoms with Gasteiger partial charge in [0.05, 0.1) is 11.1 Å². The summed E-state index contributed by atoms with van der Waals surface area (Å²) in [7, 11) is 0. The molecule has 0 bridgehead atoms. The lowest BCUT2D eigenvalue weighted by Crippen LogP contribution is -2.19. The van der Waals surface area contributed by atoms with Crippen LogP contribution in [-0.4, -0.2) is 0 Å². The van der Waals surface area contributed by atoms with Crippen molar-refractivity contribution in [2.45, 2.75) is 32.6 Å². The molecule has 0 saturated heterocycles. The first-order valence-electron chi connectivity index (χ1n) is 4.86. The Morgan fingerprint density at radius 3 is 1.82 bits per heavy atom. The average Bonchev–Trinajstić information content (AvgIpc) is 2.13. The van der Waals surface area contributed by atoms with Crippen molar-refractivity contribution in [1.29, 1.82) is 0 Å². The minimum absolute atomic E-state index is 0.257. The second kappa shape index (κ2) is 4.23. The normalized spacial score (nSPS) is 12.9. The Balaban J connectivity index is 3.59. The monoisotopic (exact) mass is 256 g/mol. The van der Waals surface area contributed by atoms with E-state index in [0.717, 1.165) is 13.0 Å². The van der Waals surface area contributed by atoms with Gasteiger partial charge in [0, 0.05) is 0 Å². The quantitative estimate of drug-likeness (QED) is 0.644. The van der Waals surface area contributed by atoms with Crippen molar-refractivity contribution in [1.82, 2.24) is 0 Å². The van der Waals surface area contributed by atoms with Gasteiger partial charge in [-0.1, -0.05) is 13.0 Å². The standard InChI is InChI=1S/C11H10F6/c1-3-7-4-5-8(10(12,13)14)9(6(7)2)11(15,16)17/h4-5H,3H2,1-2H3. The minimum Gasteiger partial charge on any atom is -0.166 e. The van der Waals surface area contributed by atoms with E-state index in [9.17, 15) is 26.3 Å². The zero-order chi connectivity index (χ0) is 13.4. The van der Waals surface area contributed by atoms with Gasteiger partial charge in [0.2, 0.25) is 0 Å². The van der Waals surface area contributed by atoms with E-state index in [1.165, 1.54) is 0 Å². The Hall–Kier alpha value is -1.20. The molecule has 0 spiro atoms. The van der Waals surface area contributed by atoms with Crippen molar-refractivity contribution in [3.8, 4) is 0 Å². The van der Waals surface area contributed by atoms with Crippen molar-refractivity contribution in [2.75, 3.05) is 0 Å². The number of benzene rings is 1. The molecule has 17 heavy (non-hydrogen) atoms. The second-order valence-corrected chi connectivity index (χ2v) is 3.62. The number of hydrogen-bond acceptors (Lipinski definition) is 0. The Labute approximate surface area is 94.2 Å². The van der Waals surface area contributed by atoms with Gasteiger partial charge in [0.15, 0.2) is 0 Å². The summed E-state index contributed by atoms with van der Waals surface area (Å²) < 4.78 is 75.5. The Morgan fingerprint density at radius 2 is 1.47 bits per heavy atom. The van der Waals surface area contributed by atoms with E-state index in [-0.39, 0.29) is 17.5 Å². The molecule has 0 aliphatic heterocycles. The predicted molar refractivity (Wildman–Crippen MR) is 50.6 cm³/mol. The van der Waals surface area contributed by atoms with Crippen molar-refractivity contribution < 1.29 is 26.3 Å². The molecule has 0 saturated carbocycles. The molecule has 0 unspecified atom stereocenters. The highest BCUT2D eigenvalue weighted by molar-refractivity contribution is 5.43. The maximum atomic E-state index is 12.7. The van der Waals surface area contributed by atoms with Gasteiger partial charge in [0.1, 0.15) is 0 Å². The molecule has 0 N–H and O–H groups in total. The molecule has 1 aromatic carbocycles. The summed E-state index contributed by atoms with van der Waals surface area (Å²) in [5.41, 5.74) is -3.29. The zero-order valence-electron chi connectivity index (χ0n) is 9.13. The van der Waals surface area contributed by atoms with Crippen LogP contribution in [0, 0.1) is 6.92 Å². The highest BCUT2D eigenvalue weighted by atomic mass is 19.4. The Kier molecular flexibility index (Phi) is 3.45. The van der Waals surface area contributed by atoms with Crippen molar-refractivity contribution in [3.63, 3.8) is 0 Å². The van der Waals surface area contributed by atoms with Crippen LogP contribution in [-0.2, 0) is 18.8 Å². The van der Waals surface area contributed by atoms with Crippen LogP contribution in [0.15, 0.2) is 12.1 Å². The molecule has 6 heteroatoms. The van der Waals surface area contributed by atoms with Gasteiger partial charge in [-0.2, -0.15) is 26.3 Å². The summed E-state index contributed by atoms with van der Waals surface area (Å²) in [6, 6.07) is 1.59. The summed E-state index contributed by atoms with van der Waals surface area (Å²) in [4.78, 5) is 0. The van der Waals surface area contributed by atoms with Crippen molar-refractivity contribution in [2.24, 2.45) is 0 Å². The Bertz CT molecular complexity index is 413. The smallest absolute Gasteiger partial charge is 0.166 e. The maximum Gasteiger partial charge on any atom is 0.417 e. The molecule has 0 amide bonds. The predicted octanol–water partition coefficient (Wildman–Crippen LogP) is 4.60. The van der Waals surface area contributed by atoms with E-state index in [1.807, 2.05) is 0 Å². The Morgan fingerprint density at radius 1 is 0.941 bits per heavy atom. The van der Waals surface area contributed by atoms with E-state index in [2.05, 4.69) is 0 Å². The van der Waals surface area contributed by atoms with Gasteiger partial charge in [-0.15, -0.1) is 0 Å². The van der Waals surface area contributed by atoms with Crippen molar-refractivity contribution in [3.05, 3.63) is 34.4 Å². The third kappa shape index (κ3) is 2.73. The van der Waals surface area contributed by atoms with E-state index < -0.39 is 23.5 Å². The first-order valence-corrected chi connectivity index (χ1v) is 4.86. The van der Waals surface area contributed by atoms with Gasteiger partial charge in [-0.05, 0) is 30.5 Å². The van der Waals surface area contributed by atoms with E-state index in [0.29, 0.717) is 6.07 Å². The minimum atomic E-state index is -5.00. The summed E-state index contributed by atoms with van der Waals surface area (Å²) in [6.45, 7) is 2.66. The van der Waals surface area contributed by atoms with Crippen LogP contribution in [0.3, 0.4) is 0 Å². The number of rotatable bonds is 1. The third-order valence-electron chi connectivity index (χ3n) is 2.55. The molecule has 96 valence electrons. The lowest BCUT2D eigenvalue weighted by Gasteiger charge is -2.19. The number of aryl methyl sites for hydroxylation is 1. The van der Waals surface area contributed by atoms with Gasteiger partial charge in [-0.3, -0.25) is 0 Å². The fraction of sp³-hybridized carbons (Fsp3) is 0.455. The number of alkyl halides is 6. The van der Waals surface area contributed by atoms with E-state index >= 15 is 0 Å². The summed E-state index contributed by atoms with van der Waals surface area (Å²) in [6.07, 6.45) is -9.74. The van der Waals surface area contributed by atoms with Crippen LogP contribution in [0.2, 0.25) is 0 Å². The molecule has 0 radical (unpaired) electrons. The van der Waals surface area contributed by atoms with Crippen LogP contribution < -0.4 is 0 Å². The highest BCUT2D eigenvalue weighted by Gasteiger charge is 2.44. The molecule has 1 rings (SSSR count). The van der Waals surface area contributed by atoms with Crippen LogP contribution >= 0.6 is 0 Å². The molecule has 0 heterocycles. The average molecular weight is 256 g/mol. The van der Waals surface area contributed by atoms with Crippen LogP contribution in [0.5, 0.6) is 0 Å². The topological polar surface area (TPSA) is 0 Å². The summed E-state index contributed by atoms with van der Waals surface area (Å²) >= 11 is 0. The highest BCUT2D eigenvalue weighted by Crippen LogP contribution is 2.42. The lowest BCUT2D eigenvalue weighted by molar-refractivity contribution is -0.162. The zero-order valence-corrected chi connectivity index (χ0v) is 9.13. The van der Waals surface area contributed by atoms with Gasteiger partial charge in [-0.25, -0.2) is 0 Å². The molecular formula is C11H10F6. The molecule has 0 aliphatic carbocycles. The van der Waals surface area contributed by atoms with E-state index in [4.69, 9.17) is 0 Å². The molecule has 0 nitrogen and oxygen atoms in total.